The molecule has 0 unspecified atom stereocenters. The molecule has 3 aromatic rings. The lowest BCUT2D eigenvalue weighted by molar-refractivity contribution is -0.140. The number of hydrogen-bond donors (Lipinski definition) is 1. The summed E-state index contributed by atoms with van der Waals surface area (Å²) in [4.78, 5) is 27.6. The highest BCUT2D eigenvalue weighted by atomic mass is 35.5. The highest BCUT2D eigenvalue weighted by Gasteiger charge is 2.26. The van der Waals surface area contributed by atoms with E-state index in [1.807, 2.05) is 54.6 Å². The first kappa shape index (κ1) is 22.9. The largest absolute Gasteiger partial charge is 0.350 e. The predicted molar refractivity (Wildman–Crippen MR) is 125 cm³/mol. The lowest BCUT2D eigenvalue weighted by atomic mass is 10.1. The number of amides is 2. The van der Waals surface area contributed by atoms with Gasteiger partial charge in [0.25, 0.3) is 0 Å². The first-order chi connectivity index (χ1) is 14.9. The van der Waals surface area contributed by atoms with Crippen LogP contribution < -0.4 is 5.32 Å². The Kier molecular flexibility index (Phi) is 8.10. The van der Waals surface area contributed by atoms with Gasteiger partial charge in [0, 0.05) is 23.1 Å². The Morgan fingerprint density at radius 2 is 1.35 bits per heavy atom. The topological polar surface area (TPSA) is 49.4 Å². The molecule has 0 bridgehead atoms. The summed E-state index contributed by atoms with van der Waals surface area (Å²) in [6.45, 7) is 2.46. The molecule has 2 amide bonds. The van der Waals surface area contributed by atoms with Crippen molar-refractivity contribution >= 4 is 35.0 Å². The fraction of sp³-hybridized carbons (Fsp3) is 0.200. The van der Waals surface area contributed by atoms with Crippen molar-refractivity contribution in [2.45, 2.75) is 32.5 Å². The smallest absolute Gasteiger partial charge is 0.242 e. The minimum atomic E-state index is -0.640. The van der Waals surface area contributed by atoms with Gasteiger partial charge in [-0.25, -0.2) is 0 Å². The highest BCUT2D eigenvalue weighted by molar-refractivity contribution is 6.30. The van der Waals surface area contributed by atoms with Gasteiger partial charge in [-0.05, 0) is 47.9 Å². The molecule has 1 N–H and O–H groups in total. The average molecular weight is 455 g/mol. The zero-order chi connectivity index (χ0) is 22.2. The van der Waals surface area contributed by atoms with E-state index >= 15 is 0 Å². The number of nitrogens with one attached hydrogen (secondary N) is 1. The summed E-state index contributed by atoms with van der Waals surface area (Å²) >= 11 is 11.9. The van der Waals surface area contributed by atoms with Crippen LogP contribution in [0.2, 0.25) is 10.0 Å². The van der Waals surface area contributed by atoms with Crippen LogP contribution in [0.25, 0.3) is 0 Å². The van der Waals surface area contributed by atoms with Gasteiger partial charge < -0.3 is 10.2 Å². The molecule has 31 heavy (non-hydrogen) atoms. The Morgan fingerprint density at radius 3 is 1.94 bits per heavy atom. The summed E-state index contributed by atoms with van der Waals surface area (Å²) in [6, 6.07) is 23.5. The van der Waals surface area contributed by atoms with E-state index in [0.717, 1.165) is 16.7 Å². The predicted octanol–water partition coefficient (Wildman–Crippen LogP) is 5.27. The molecule has 3 aromatic carbocycles. The van der Waals surface area contributed by atoms with E-state index in [4.69, 9.17) is 23.2 Å². The molecule has 160 valence electrons. The van der Waals surface area contributed by atoms with Crippen molar-refractivity contribution in [3.63, 3.8) is 0 Å². The van der Waals surface area contributed by atoms with E-state index in [2.05, 4.69) is 5.32 Å². The van der Waals surface area contributed by atoms with E-state index in [1.54, 1.807) is 36.1 Å². The Hall–Kier alpha value is -2.82. The second kappa shape index (κ2) is 11.0. The summed E-state index contributed by atoms with van der Waals surface area (Å²) in [5.41, 5.74) is 2.74. The van der Waals surface area contributed by atoms with Crippen molar-refractivity contribution in [2.75, 3.05) is 0 Å². The third-order valence-electron chi connectivity index (χ3n) is 5.01. The average Bonchev–Trinajstić information content (AvgIpc) is 2.78. The van der Waals surface area contributed by atoms with E-state index < -0.39 is 6.04 Å². The van der Waals surface area contributed by atoms with Gasteiger partial charge in [0.05, 0.1) is 6.42 Å². The van der Waals surface area contributed by atoms with Gasteiger partial charge in [0.2, 0.25) is 11.8 Å². The van der Waals surface area contributed by atoms with Crippen LogP contribution in [0.3, 0.4) is 0 Å². The maximum atomic E-state index is 13.2. The molecule has 0 fully saturated rings. The summed E-state index contributed by atoms with van der Waals surface area (Å²) in [7, 11) is 0. The van der Waals surface area contributed by atoms with Crippen molar-refractivity contribution in [1.82, 2.24) is 10.2 Å². The van der Waals surface area contributed by atoms with Crippen LogP contribution >= 0.6 is 23.2 Å². The van der Waals surface area contributed by atoms with Crippen molar-refractivity contribution in [2.24, 2.45) is 0 Å². The standard InChI is InChI=1S/C25H24Cl2N2O2/c1-18(25(31)28-16-20-5-3-2-4-6-20)29(17-21-9-13-23(27)14-10-21)24(30)15-19-7-11-22(26)12-8-19/h2-14,18H,15-17H2,1H3,(H,28,31)/t18-/m0/s1. The molecule has 0 saturated heterocycles. The van der Waals surface area contributed by atoms with E-state index in [9.17, 15) is 9.59 Å². The van der Waals surface area contributed by atoms with Crippen LogP contribution in [0.4, 0.5) is 0 Å². The Balaban J connectivity index is 1.74. The number of nitrogens with zero attached hydrogens (tertiary/aromatic N) is 1. The molecular weight excluding hydrogens is 431 g/mol. The van der Waals surface area contributed by atoms with E-state index in [-0.39, 0.29) is 18.2 Å². The van der Waals surface area contributed by atoms with Crippen LogP contribution in [-0.4, -0.2) is 22.8 Å². The number of benzene rings is 3. The third kappa shape index (κ3) is 6.84. The van der Waals surface area contributed by atoms with Gasteiger partial charge in [-0.15, -0.1) is 0 Å². The summed E-state index contributed by atoms with van der Waals surface area (Å²) in [5, 5.41) is 4.16. The second-order valence-electron chi connectivity index (χ2n) is 7.33. The zero-order valence-corrected chi connectivity index (χ0v) is 18.7. The van der Waals surface area contributed by atoms with Crippen LogP contribution in [-0.2, 0) is 29.1 Å². The van der Waals surface area contributed by atoms with Crippen LogP contribution in [0.15, 0.2) is 78.9 Å². The molecule has 0 spiro atoms. The number of rotatable bonds is 8. The SMILES string of the molecule is C[C@@H](C(=O)NCc1ccccc1)N(Cc1ccc(Cl)cc1)C(=O)Cc1ccc(Cl)cc1. The summed E-state index contributed by atoms with van der Waals surface area (Å²) < 4.78 is 0. The summed E-state index contributed by atoms with van der Waals surface area (Å²) in [5.74, 6) is -0.345. The Bertz CT molecular complexity index is 1010. The van der Waals surface area contributed by atoms with Crippen LogP contribution in [0, 0.1) is 0 Å². The van der Waals surface area contributed by atoms with Crippen LogP contribution in [0.5, 0.6) is 0 Å². The quantitative estimate of drug-likeness (QED) is 0.503. The number of hydrogen-bond acceptors (Lipinski definition) is 2. The Morgan fingerprint density at radius 1 is 0.806 bits per heavy atom. The monoisotopic (exact) mass is 454 g/mol. The van der Waals surface area contributed by atoms with Crippen molar-refractivity contribution in [1.29, 1.82) is 0 Å². The van der Waals surface area contributed by atoms with Crippen molar-refractivity contribution < 1.29 is 9.59 Å². The molecule has 0 aromatic heterocycles. The highest BCUT2D eigenvalue weighted by Crippen LogP contribution is 2.16. The molecule has 0 aliphatic rings. The second-order valence-corrected chi connectivity index (χ2v) is 8.20. The van der Waals surface area contributed by atoms with Gasteiger partial charge in [-0.3, -0.25) is 9.59 Å². The molecule has 1 atom stereocenters. The first-order valence-corrected chi connectivity index (χ1v) is 10.8. The molecule has 0 heterocycles. The van der Waals surface area contributed by atoms with Gasteiger partial charge in [0.15, 0.2) is 0 Å². The first-order valence-electron chi connectivity index (χ1n) is 10.0. The van der Waals surface area contributed by atoms with Crippen molar-refractivity contribution in [3.05, 3.63) is 106 Å². The zero-order valence-electron chi connectivity index (χ0n) is 17.2. The molecule has 6 heteroatoms. The van der Waals surface area contributed by atoms with Crippen LogP contribution in [0.1, 0.15) is 23.6 Å². The van der Waals surface area contributed by atoms with E-state index in [1.165, 1.54) is 0 Å². The molecule has 0 saturated carbocycles. The molecule has 0 aliphatic carbocycles. The molecule has 4 nitrogen and oxygen atoms in total. The van der Waals surface area contributed by atoms with Gasteiger partial charge in [-0.1, -0.05) is 77.8 Å². The number of carbonyl (C=O) groups is 2. The van der Waals surface area contributed by atoms with Gasteiger partial charge in [0.1, 0.15) is 6.04 Å². The molecule has 3 rings (SSSR count). The fourth-order valence-corrected chi connectivity index (χ4v) is 3.43. The molecule has 0 radical (unpaired) electrons. The maximum absolute atomic E-state index is 13.2. The van der Waals surface area contributed by atoms with Gasteiger partial charge in [-0.2, -0.15) is 0 Å². The fourth-order valence-electron chi connectivity index (χ4n) is 3.18. The normalized spacial score (nSPS) is 11.6. The van der Waals surface area contributed by atoms with Gasteiger partial charge >= 0.3 is 0 Å². The minimum absolute atomic E-state index is 0.139. The number of carbonyl (C=O) groups excluding carboxylic acids is 2. The molecule has 0 aliphatic heterocycles. The minimum Gasteiger partial charge on any atom is -0.350 e. The summed E-state index contributed by atoms with van der Waals surface area (Å²) in [6.07, 6.45) is 0.182. The van der Waals surface area contributed by atoms with Crippen molar-refractivity contribution in [3.8, 4) is 0 Å². The lowest BCUT2D eigenvalue weighted by Crippen LogP contribution is -2.47. The third-order valence-corrected chi connectivity index (χ3v) is 5.52. The molecular formula is C25H24Cl2N2O2. The van der Waals surface area contributed by atoms with E-state index in [0.29, 0.717) is 23.1 Å². The maximum Gasteiger partial charge on any atom is 0.242 e. The number of halogens is 2. The Labute approximate surface area is 192 Å². The lowest BCUT2D eigenvalue weighted by Gasteiger charge is -2.29.